The van der Waals surface area contributed by atoms with Crippen molar-refractivity contribution in [3.63, 3.8) is 0 Å². The maximum Gasteiger partial charge on any atom is 0.0640 e. The molecule has 2 nitrogen and oxygen atoms in total. The quantitative estimate of drug-likeness (QED) is 0.113. The topological polar surface area (TPSA) is 9.86 Å². The molecule has 0 bridgehead atoms. The lowest BCUT2D eigenvalue weighted by molar-refractivity contribution is 1.05. The molecule has 3 aromatic heterocycles. The summed E-state index contributed by atoms with van der Waals surface area (Å²) in [4.78, 5) is 0. The zero-order valence-electron chi connectivity index (χ0n) is 32.5. The van der Waals surface area contributed by atoms with Crippen molar-refractivity contribution in [2.24, 2.45) is 0 Å². The number of hydrogen-bond donors (Lipinski definition) is 0. The third-order valence-electron chi connectivity index (χ3n) is 11.3. The fourth-order valence-electron chi connectivity index (χ4n) is 8.59. The largest absolute Gasteiger partial charge is 0.309 e. The molecule has 0 aliphatic carbocycles. The van der Waals surface area contributed by atoms with Crippen LogP contribution in [0.2, 0.25) is 0 Å². The molecule has 11 rings (SSSR count). The molecule has 11 aromatic rings. The second-order valence-electron chi connectivity index (χ2n) is 14.8. The van der Waals surface area contributed by atoms with Gasteiger partial charge in [-0.05, 0) is 103 Å². The van der Waals surface area contributed by atoms with Gasteiger partial charge in [-0.15, -0.1) is 17.9 Å². The van der Waals surface area contributed by atoms with Crippen LogP contribution in [0.25, 0.3) is 97.4 Å². The number of para-hydroxylation sites is 3. The molecule has 0 unspecified atom stereocenters. The Morgan fingerprint density at radius 2 is 1.00 bits per heavy atom. The van der Waals surface area contributed by atoms with Gasteiger partial charge in [0.1, 0.15) is 0 Å². The predicted octanol–water partition coefficient (Wildman–Crippen LogP) is 16.1. The van der Waals surface area contributed by atoms with Gasteiger partial charge in [0.05, 0.1) is 32.5 Å². The summed E-state index contributed by atoms with van der Waals surface area (Å²) < 4.78 is 7.48. The van der Waals surface area contributed by atoms with Gasteiger partial charge >= 0.3 is 0 Å². The third-order valence-corrected chi connectivity index (χ3v) is 12.5. The van der Waals surface area contributed by atoms with E-state index in [9.17, 15) is 0 Å². The van der Waals surface area contributed by atoms with Gasteiger partial charge in [0.2, 0.25) is 0 Å². The number of unbranched alkanes of at least 4 members (excludes halogenated alkanes) is 1. The summed E-state index contributed by atoms with van der Waals surface area (Å²) in [6.45, 7) is 5.63. The number of allylic oxidation sites excluding steroid dienone is 3. The molecule has 0 aliphatic heterocycles. The molecule has 0 radical (unpaired) electrons. The van der Waals surface area contributed by atoms with Gasteiger partial charge in [0.15, 0.2) is 0 Å². The Morgan fingerprint density at radius 3 is 1.72 bits per heavy atom. The molecule has 0 amide bonds. The molecule has 0 N–H and O–H groups in total. The van der Waals surface area contributed by atoms with Crippen LogP contribution in [-0.2, 0) is 0 Å². The molecule has 0 saturated carbocycles. The number of rotatable bonds is 7. The van der Waals surface area contributed by atoms with Crippen LogP contribution in [0.1, 0.15) is 19.8 Å². The maximum atomic E-state index is 3.60. The Hall–Kier alpha value is -6.94. The monoisotopic (exact) mass is 762 g/mol. The van der Waals surface area contributed by atoms with Gasteiger partial charge in [-0.2, -0.15) is 0 Å². The Balaban J connectivity index is 0.000000538. The van der Waals surface area contributed by atoms with Crippen molar-refractivity contribution in [1.29, 1.82) is 0 Å². The van der Waals surface area contributed by atoms with Crippen molar-refractivity contribution in [2.75, 3.05) is 0 Å². The van der Waals surface area contributed by atoms with Crippen LogP contribution in [0, 0.1) is 0 Å². The first kappa shape index (κ1) is 35.5. The molecule has 58 heavy (non-hydrogen) atoms. The minimum absolute atomic E-state index is 1.10. The first-order chi connectivity index (χ1) is 28.7. The van der Waals surface area contributed by atoms with Gasteiger partial charge in [-0.3, -0.25) is 0 Å². The Labute approximate surface area is 342 Å². The lowest BCUT2D eigenvalue weighted by Crippen LogP contribution is -1.94. The molecule has 3 heterocycles. The van der Waals surface area contributed by atoms with Gasteiger partial charge in [-0.1, -0.05) is 140 Å². The van der Waals surface area contributed by atoms with E-state index in [1.54, 1.807) is 0 Å². The van der Waals surface area contributed by atoms with E-state index in [0.717, 1.165) is 12.8 Å². The number of benzene rings is 8. The fraction of sp³-hybridized carbons (Fsp3) is 0.0545. The highest BCUT2D eigenvalue weighted by atomic mass is 32.1. The highest BCUT2D eigenvalue weighted by Gasteiger charge is 2.18. The van der Waals surface area contributed by atoms with Crippen LogP contribution in [0.3, 0.4) is 0 Å². The summed E-state index contributed by atoms with van der Waals surface area (Å²) in [5, 5.41) is 7.68. The van der Waals surface area contributed by atoms with Crippen molar-refractivity contribution in [2.45, 2.75) is 19.8 Å². The number of nitrogens with zero attached hydrogens (tertiary/aromatic N) is 2. The molecule has 0 atom stereocenters. The average Bonchev–Trinajstić information content (AvgIpc) is 3.94. The molecule has 0 aliphatic rings. The summed E-state index contributed by atoms with van der Waals surface area (Å²) >= 11 is 1.89. The summed E-state index contributed by atoms with van der Waals surface area (Å²) in [7, 11) is 0. The summed E-state index contributed by atoms with van der Waals surface area (Å²) in [5.41, 5.74) is 12.2. The summed E-state index contributed by atoms with van der Waals surface area (Å²) in [6, 6.07) is 66.6. The lowest BCUT2D eigenvalue weighted by atomic mass is 10.0. The zero-order valence-corrected chi connectivity index (χ0v) is 33.3. The van der Waals surface area contributed by atoms with E-state index in [2.05, 4.69) is 210 Å². The first-order valence-electron chi connectivity index (χ1n) is 20.1. The zero-order chi connectivity index (χ0) is 39.0. The van der Waals surface area contributed by atoms with E-state index in [4.69, 9.17) is 0 Å². The number of hydrogen-bond acceptors (Lipinski definition) is 1. The van der Waals surface area contributed by atoms with Crippen LogP contribution in [0.15, 0.2) is 207 Å². The minimum atomic E-state index is 1.10. The fourth-order valence-corrected chi connectivity index (χ4v) is 9.77. The van der Waals surface area contributed by atoms with Crippen LogP contribution in [-0.4, -0.2) is 9.13 Å². The molecule has 278 valence electrons. The smallest absolute Gasteiger partial charge is 0.0640 e. The van der Waals surface area contributed by atoms with Gasteiger partial charge in [0, 0.05) is 42.7 Å². The lowest BCUT2D eigenvalue weighted by Gasteiger charge is -2.11. The van der Waals surface area contributed by atoms with Gasteiger partial charge in [0.25, 0.3) is 0 Å². The molecular formula is C55H42N2S. The minimum Gasteiger partial charge on any atom is -0.309 e. The van der Waals surface area contributed by atoms with Crippen molar-refractivity contribution < 1.29 is 0 Å². The van der Waals surface area contributed by atoms with Crippen LogP contribution in [0.4, 0.5) is 0 Å². The Morgan fingerprint density at radius 1 is 0.448 bits per heavy atom. The van der Waals surface area contributed by atoms with E-state index in [1.165, 1.54) is 97.4 Å². The van der Waals surface area contributed by atoms with E-state index >= 15 is 0 Å². The predicted molar refractivity (Wildman–Crippen MR) is 253 cm³/mol. The maximum absolute atomic E-state index is 3.60. The average molecular weight is 763 g/mol. The molecule has 0 spiro atoms. The Kier molecular flexibility index (Phi) is 9.29. The highest BCUT2D eigenvalue weighted by molar-refractivity contribution is 7.26. The van der Waals surface area contributed by atoms with E-state index < -0.39 is 0 Å². The summed E-state index contributed by atoms with van der Waals surface area (Å²) in [5.74, 6) is 0. The van der Waals surface area contributed by atoms with Crippen LogP contribution < -0.4 is 0 Å². The number of aromatic nitrogens is 2. The summed E-state index contributed by atoms with van der Waals surface area (Å²) in [6.07, 6.45) is 8.37. The molecule has 0 fully saturated rings. The van der Waals surface area contributed by atoms with Crippen molar-refractivity contribution in [3.8, 4) is 33.6 Å². The van der Waals surface area contributed by atoms with E-state index in [-0.39, 0.29) is 0 Å². The SMILES string of the molecule is C=CCC/C=C\C.c1ccc(-c2ccc3sc4c(-n5c6ccccc6c6cc(-c7cccc(-n8c9ccccc9c9ccccc98)c7)ccc65)cccc4c3c2)cc1. The van der Waals surface area contributed by atoms with Crippen molar-refractivity contribution in [3.05, 3.63) is 207 Å². The molecule has 8 aromatic carbocycles. The molecule has 0 saturated heterocycles. The normalized spacial score (nSPS) is 11.7. The van der Waals surface area contributed by atoms with Gasteiger partial charge in [-0.25, -0.2) is 0 Å². The van der Waals surface area contributed by atoms with E-state index in [1.807, 2.05) is 24.3 Å². The number of thiophene rings is 1. The molecule has 3 heteroatoms. The van der Waals surface area contributed by atoms with E-state index in [0.29, 0.717) is 0 Å². The van der Waals surface area contributed by atoms with Crippen molar-refractivity contribution >= 4 is 75.1 Å². The second kappa shape index (κ2) is 15.2. The standard InChI is InChI=1S/C48H30N2S.C7H12/c1-2-12-31(13-3-1)33-25-27-47-41(30-33)39-19-11-23-46(48(39)51-47)50-44-22-9-6-18-38(44)40-29-34(24-26-45(40)50)32-14-10-15-35(28-32)49-42-20-7-4-16-36(42)37-17-5-8-21-43(37)49;1-3-5-7-6-4-2/h1-30H;3-4,6H,1,5,7H2,2H3/b;6-4-. The van der Waals surface area contributed by atoms with Crippen LogP contribution in [0.5, 0.6) is 0 Å². The molecular weight excluding hydrogens is 721 g/mol. The number of fused-ring (bicyclic) bond motifs is 9. The van der Waals surface area contributed by atoms with Crippen molar-refractivity contribution in [1.82, 2.24) is 9.13 Å². The van der Waals surface area contributed by atoms with Gasteiger partial charge < -0.3 is 9.13 Å². The van der Waals surface area contributed by atoms with Crippen LogP contribution >= 0.6 is 11.3 Å². The highest BCUT2D eigenvalue weighted by Crippen LogP contribution is 2.43. The second-order valence-corrected chi connectivity index (χ2v) is 15.8. The first-order valence-corrected chi connectivity index (χ1v) is 20.9. The third kappa shape index (κ3) is 6.12. The Bertz CT molecular complexity index is 3270.